The molecule has 16 heavy (non-hydrogen) atoms. The molecule has 0 N–H and O–H groups in total. The van der Waals surface area contributed by atoms with Gasteiger partial charge in [0.2, 0.25) is 0 Å². The molecule has 0 aromatic rings. The highest BCUT2D eigenvalue weighted by molar-refractivity contribution is 4.80. The normalized spacial score (nSPS) is 26.1. The zero-order chi connectivity index (χ0) is 11.3. The van der Waals surface area contributed by atoms with E-state index in [9.17, 15) is 0 Å². The van der Waals surface area contributed by atoms with Crippen LogP contribution in [0, 0.1) is 5.92 Å². The van der Waals surface area contributed by atoms with E-state index in [1.807, 2.05) is 0 Å². The first-order valence-corrected chi connectivity index (χ1v) is 7.00. The van der Waals surface area contributed by atoms with Gasteiger partial charge in [-0.1, -0.05) is 32.1 Å². The molecule has 0 heterocycles. The van der Waals surface area contributed by atoms with Crippen molar-refractivity contribution in [3.63, 3.8) is 0 Å². The molecule has 0 radical (unpaired) electrons. The molecule has 0 aliphatic heterocycles. The van der Waals surface area contributed by atoms with E-state index in [2.05, 4.69) is 6.92 Å². The average molecular weight is 226 g/mol. The molecule has 0 spiro atoms. The Kier molecular flexibility index (Phi) is 4.66. The van der Waals surface area contributed by atoms with Crippen molar-refractivity contribution in [3.05, 3.63) is 0 Å². The highest BCUT2D eigenvalue weighted by Crippen LogP contribution is 2.32. The fourth-order valence-corrected chi connectivity index (χ4v) is 3.02. The number of hydrogen-bond acceptors (Lipinski definition) is 2. The molecule has 0 bridgehead atoms. The second-order valence-corrected chi connectivity index (χ2v) is 5.79. The lowest BCUT2D eigenvalue weighted by Crippen LogP contribution is -2.26. The van der Waals surface area contributed by atoms with Crippen molar-refractivity contribution in [1.29, 1.82) is 0 Å². The Morgan fingerprint density at radius 1 is 1.00 bits per heavy atom. The number of hydrogen-bond donors (Lipinski definition) is 0. The third-order valence-electron chi connectivity index (χ3n) is 4.23. The van der Waals surface area contributed by atoms with Crippen LogP contribution in [0.2, 0.25) is 0 Å². The van der Waals surface area contributed by atoms with Crippen LogP contribution in [-0.2, 0) is 9.47 Å². The summed E-state index contributed by atoms with van der Waals surface area (Å²) in [4.78, 5) is 0. The molecule has 0 aromatic heterocycles. The SMILES string of the molecule is CC1(OCOCC2CCCCC2)CCCC1. The van der Waals surface area contributed by atoms with Crippen LogP contribution in [0.4, 0.5) is 0 Å². The zero-order valence-corrected chi connectivity index (χ0v) is 10.7. The molecule has 0 atom stereocenters. The van der Waals surface area contributed by atoms with Gasteiger partial charge in [-0.3, -0.25) is 0 Å². The van der Waals surface area contributed by atoms with Crippen LogP contribution in [-0.4, -0.2) is 19.0 Å². The van der Waals surface area contributed by atoms with Crippen LogP contribution in [0.15, 0.2) is 0 Å². The van der Waals surface area contributed by atoms with Crippen molar-refractivity contribution < 1.29 is 9.47 Å². The maximum Gasteiger partial charge on any atom is 0.147 e. The van der Waals surface area contributed by atoms with E-state index in [0.717, 1.165) is 12.5 Å². The molecule has 2 saturated carbocycles. The molecule has 0 unspecified atom stereocenters. The molecule has 94 valence electrons. The highest BCUT2D eigenvalue weighted by atomic mass is 16.7. The predicted molar refractivity (Wildman–Crippen MR) is 65.4 cm³/mol. The summed E-state index contributed by atoms with van der Waals surface area (Å²) >= 11 is 0. The zero-order valence-electron chi connectivity index (χ0n) is 10.7. The molecule has 0 aromatic carbocycles. The Balaban J connectivity index is 1.54. The van der Waals surface area contributed by atoms with E-state index < -0.39 is 0 Å². The molecular formula is C14H26O2. The Hall–Kier alpha value is -0.0800. The van der Waals surface area contributed by atoms with Crippen LogP contribution in [0.5, 0.6) is 0 Å². The summed E-state index contributed by atoms with van der Waals surface area (Å²) in [6, 6.07) is 0. The Morgan fingerprint density at radius 2 is 1.69 bits per heavy atom. The minimum absolute atomic E-state index is 0.118. The number of ether oxygens (including phenoxy) is 2. The van der Waals surface area contributed by atoms with Gasteiger partial charge in [0.05, 0.1) is 12.2 Å². The Morgan fingerprint density at radius 3 is 2.38 bits per heavy atom. The molecule has 0 amide bonds. The first kappa shape index (κ1) is 12.4. The van der Waals surface area contributed by atoms with E-state index >= 15 is 0 Å². The average Bonchev–Trinajstić information content (AvgIpc) is 2.74. The van der Waals surface area contributed by atoms with Gasteiger partial charge in [-0.25, -0.2) is 0 Å². The lowest BCUT2D eigenvalue weighted by atomic mass is 9.90. The largest absolute Gasteiger partial charge is 0.355 e. The fraction of sp³-hybridized carbons (Fsp3) is 1.00. The smallest absolute Gasteiger partial charge is 0.147 e. The summed E-state index contributed by atoms with van der Waals surface area (Å²) in [5.41, 5.74) is 0.118. The summed E-state index contributed by atoms with van der Waals surface area (Å²) in [5.74, 6) is 0.800. The molecule has 2 heteroatoms. The van der Waals surface area contributed by atoms with E-state index in [0.29, 0.717) is 6.79 Å². The fourth-order valence-electron chi connectivity index (χ4n) is 3.02. The van der Waals surface area contributed by atoms with Crippen molar-refractivity contribution in [2.24, 2.45) is 5.92 Å². The standard InChI is InChI=1S/C14H26O2/c1-14(9-5-6-10-14)16-12-15-11-13-7-3-2-4-8-13/h13H,2-12H2,1H3. The van der Waals surface area contributed by atoms with Crippen LogP contribution in [0.1, 0.15) is 64.7 Å². The van der Waals surface area contributed by atoms with Crippen LogP contribution >= 0.6 is 0 Å². The van der Waals surface area contributed by atoms with Crippen molar-refractivity contribution in [2.75, 3.05) is 13.4 Å². The quantitative estimate of drug-likeness (QED) is 0.523. The van der Waals surface area contributed by atoms with Crippen molar-refractivity contribution >= 4 is 0 Å². The summed E-state index contributed by atoms with van der Waals surface area (Å²) in [7, 11) is 0. The van der Waals surface area contributed by atoms with E-state index in [1.54, 1.807) is 0 Å². The van der Waals surface area contributed by atoms with Gasteiger partial charge in [-0.15, -0.1) is 0 Å². The van der Waals surface area contributed by atoms with Gasteiger partial charge >= 0.3 is 0 Å². The van der Waals surface area contributed by atoms with Gasteiger partial charge < -0.3 is 9.47 Å². The maximum atomic E-state index is 5.86. The van der Waals surface area contributed by atoms with E-state index in [1.165, 1.54) is 57.8 Å². The van der Waals surface area contributed by atoms with E-state index in [-0.39, 0.29) is 5.60 Å². The van der Waals surface area contributed by atoms with Gasteiger partial charge in [0.1, 0.15) is 6.79 Å². The summed E-state index contributed by atoms with van der Waals surface area (Å²) < 4.78 is 11.5. The molecule has 2 nitrogen and oxygen atoms in total. The van der Waals surface area contributed by atoms with Gasteiger partial charge in [-0.2, -0.15) is 0 Å². The van der Waals surface area contributed by atoms with Crippen molar-refractivity contribution in [2.45, 2.75) is 70.3 Å². The van der Waals surface area contributed by atoms with E-state index in [4.69, 9.17) is 9.47 Å². The van der Waals surface area contributed by atoms with Gasteiger partial charge in [0, 0.05) is 0 Å². The minimum atomic E-state index is 0.118. The third-order valence-corrected chi connectivity index (χ3v) is 4.23. The third kappa shape index (κ3) is 3.74. The monoisotopic (exact) mass is 226 g/mol. The van der Waals surface area contributed by atoms with Crippen LogP contribution in [0.3, 0.4) is 0 Å². The first-order valence-electron chi connectivity index (χ1n) is 7.00. The van der Waals surface area contributed by atoms with Crippen LogP contribution in [0.25, 0.3) is 0 Å². The van der Waals surface area contributed by atoms with Gasteiger partial charge in [-0.05, 0) is 38.5 Å². The summed E-state index contributed by atoms with van der Waals surface area (Å²) in [6.45, 7) is 3.65. The van der Waals surface area contributed by atoms with Gasteiger partial charge in [0.25, 0.3) is 0 Å². The molecule has 2 rings (SSSR count). The maximum absolute atomic E-state index is 5.86. The second-order valence-electron chi connectivity index (χ2n) is 5.79. The minimum Gasteiger partial charge on any atom is -0.355 e. The summed E-state index contributed by atoms with van der Waals surface area (Å²) in [5, 5.41) is 0. The molecule has 0 saturated heterocycles. The van der Waals surface area contributed by atoms with Crippen LogP contribution < -0.4 is 0 Å². The first-order chi connectivity index (χ1) is 7.79. The molecular weight excluding hydrogens is 200 g/mol. The highest BCUT2D eigenvalue weighted by Gasteiger charge is 2.29. The lowest BCUT2D eigenvalue weighted by molar-refractivity contribution is -0.138. The number of rotatable bonds is 5. The lowest BCUT2D eigenvalue weighted by Gasteiger charge is -2.25. The molecule has 2 aliphatic carbocycles. The molecule has 2 fully saturated rings. The van der Waals surface area contributed by atoms with Crippen molar-refractivity contribution in [3.8, 4) is 0 Å². The Labute approximate surface area is 99.7 Å². The molecule has 2 aliphatic rings. The topological polar surface area (TPSA) is 18.5 Å². The second kappa shape index (κ2) is 6.02. The van der Waals surface area contributed by atoms with Gasteiger partial charge in [0.15, 0.2) is 0 Å². The summed E-state index contributed by atoms with van der Waals surface area (Å²) in [6.07, 6.45) is 12.0. The van der Waals surface area contributed by atoms with Crippen molar-refractivity contribution in [1.82, 2.24) is 0 Å². The predicted octanol–water partition coefficient (Wildman–Crippen LogP) is 3.89. The Bertz CT molecular complexity index is 191.